The van der Waals surface area contributed by atoms with Crippen molar-refractivity contribution in [1.29, 1.82) is 0 Å². The summed E-state index contributed by atoms with van der Waals surface area (Å²) in [6.07, 6.45) is 4.31. The Morgan fingerprint density at radius 1 is 1.09 bits per heavy atom. The Labute approximate surface area is 209 Å². The topological polar surface area (TPSA) is 105 Å². The number of hydrogen-bond acceptors (Lipinski definition) is 5. The molecule has 0 radical (unpaired) electrons. The van der Waals surface area contributed by atoms with E-state index in [0.29, 0.717) is 12.5 Å². The number of fused-ring (bicyclic) bond motifs is 2. The van der Waals surface area contributed by atoms with Crippen molar-refractivity contribution in [2.75, 3.05) is 0 Å². The number of benzene rings is 1. The largest absolute Gasteiger partial charge is 0.390 e. The molecule has 8 heteroatoms. The third kappa shape index (κ3) is 4.91. The standard InChI is InChI=1S/C27H34N6OS/c1-15(26(2,3)4)28-12-16-7-17(11-27(5,6)34)19-9-21(31-20(19)8-16)24-25-22(32-33-24)10-23(35-25)18-13-29-30-14-18/h7-10,13-15,28,31,34H,11-12H2,1-6H3,(H,29,30)(H,32,33). The van der Waals surface area contributed by atoms with Crippen LogP contribution < -0.4 is 5.32 Å². The molecule has 184 valence electrons. The second kappa shape index (κ2) is 8.62. The lowest BCUT2D eigenvalue weighted by atomic mass is 9.88. The van der Waals surface area contributed by atoms with Crippen LogP contribution in [0.15, 0.2) is 36.7 Å². The lowest BCUT2D eigenvalue weighted by Gasteiger charge is -2.28. The SMILES string of the molecule is CC(NCc1cc(CC(C)(C)O)c2cc(-c3n[nH]c4cc(-c5cn[nH]c5)sc34)[nH]c2c1)C(C)(C)C. The van der Waals surface area contributed by atoms with Crippen LogP contribution in [0.1, 0.15) is 52.7 Å². The number of hydrogen-bond donors (Lipinski definition) is 5. The van der Waals surface area contributed by atoms with Crippen molar-refractivity contribution in [2.24, 2.45) is 5.41 Å². The van der Waals surface area contributed by atoms with Crippen LogP contribution in [0, 0.1) is 5.41 Å². The Bertz CT molecular complexity index is 1460. The van der Waals surface area contributed by atoms with Crippen LogP contribution in [-0.4, -0.2) is 42.1 Å². The van der Waals surface area contributed by atoms with Crippen LogP contribution in [-0.2, 0) is 13.0 Å². The van der Waals surface area contributed by atoms with Crippen LogP contribution in [0.3, 0.4) is 0 Å². The minimum Gasteiger partial charge on any atom is -0.390 e. The van der Waals surface area contributed by atoms with Gasteiger partial charge in [0.05, 0.1) is 27.7 Å². The van der Waals surface area contributed by atoms with Gasteiger partial charge in [-0.15, -0.1) is 11.3 Å². The average Bonchev–Trinajstić information content (AvgIpc) is 3.52. The zero-order valence-corrected chi connectivity index (χ0v) is 22.0. The van der Waals surface area contributed by atoms with Crippen LogP contribution in [0.2, 0.25) is 0 Å². The predicted octanol–water partition coefficient (Wildman–Crippen LogP) is 6.00. The van der Waals surface area contributed by atoms with Gasteiger partial charge in [-0.2, -0.15) is 10.2 Å². The smallest absolute Gasteiger partial charge is 0.126 e. The van der Waals surface area contributed by atoms with Gasteiger partial charge in [0.2, 0.25) is 0 Å². The molecule has 0 bridgehead atoms. The molecule has 0 saturated heterocycles. The molecule has 0 fully saturated rings. The Kier molecular flexibility index (Phi) is 5.86. The quantitative estimate of drug-likeness (QED) is 0.193. The highest BCUT2D eigenvalue weighted by molar-refractivity contribution is 7.22. The summed E-state index contributed by atoms with van der Waals surface area (Å²) < 4.78 is 1.11. The number of H-pyrrole nitrogens is 3. The van der Waals surface area contributed by atoms with E-state index < -0.39 is 5.60 Å². The average molecular weight is 491 g/mol. The monoisotopic (exact) mass is 490 g/mol. The zero-order valence-electron chi connectivity index (χ0n) is 21.2. The molecule has 1 unspecified atom stereocenters. The van der Waals surface area contributed by atoms with Crippen molar-refractivity contribution >= 4 is 32.5 Å². The van der Waals surface area contributed by atoms with E-state index in [4.69, 9.17) is 0 Å². The molecule has 4 aromatic heterocycles. The summed E-state index contributed by atoms with van der Waals surface area (Å²) in [4.78, 5) is 4.76. The molecule has 7 nitrogen and oxygen atoms in total. The van der Waals surface area contributed by atoms with E-state index >= 15 is 0 Å². The summed E-state index contributed by atoms with van der Waals surface area (Å²) in [5, 5.41) is 30.2. The molecule has 0 saturated carbocycles. The van der Waals surface area contributed by atoms with Gasteiger partial charge in [0.25, 0.3) is 0 Å². The van der Waals surface area contributed by atoms with Gasteiger partial charge in [-0.1, -0.05) is 26.8 Å². The highest BCUT2D eigenvalue weighted by Crippen LogP contribution is 2.39. The van der Waals surface area contributed by atoms with E-state index in [1.165, 1.54) is 5.56 Å². The third-order valence-electron chi connectivity index (χ3n) is 6.69. The summed E-state index contributed by atoms with van der Waals surface area (Å²) in [5.41, 5.74) is 6.73. The summed E-state index contributed by atoms with van der Waals surface area (Å²) in [5.74, 6) is 0. The van der Waals surface area contributed by atoms with Crippen LogP contribution in [0.5, 0.6) is 0 Å². The molecule has 5 rings (SSSR count). The number of thiophene rings is 1. The molecule has 0 aliphatic heterocycles. The molecule has 0 aliphatic rings. The van der Waals surface area contributed by atoms with Crippen molar-refractivity contribution < 1.29 is 5.11 Å². The van der Waals surface area contributed by atoms with Gasteiger partial charge < -0.3 is 15.4 Å². The van der Waals surface area contributed by atoms with Gasteiger partial charge in [-0.25, -0.2) is 0 Å². The number of nitrogens with zero attached hydrogens (tertiary/aromatic N) is 2. The lowest BCUT2D eigenvalue weighted by molar-refractivity contribution is 0.0813. The summed E-state index contributed by atoms with van der Waals surface area (Å²) in [6, 6.07) is 9.09. The predicted molar refractivity (Wildman–Crippen MR) is 145 cm³/mol. The fourth-order valence-electron chi connectivity index (χ4n) is 4.33. The number of rotatable bonds is 7. The normalized spacial score (nSPS) is 13.8. The summed E-state index contributed by atoms with van der Waals surface area (Å²) >= 11 is 1.70. The van der Waals surface area contributed by atoms with Gasteiger partial charge in [-0.3, -0.25) is 10.2 Å². The van der Waals surface area contributed by atoms with Crippen molar-refractivity contribution in [2.45, 2.75) is 66.2 Å². The molecule has 1 aromatic carbocycles. The van der Waals surface area contributed by atoms with Crippen LogP contribution >= 0.6 is 11.3 Å². The van der Waals surface area contributed by atoms with E-state index in [0.717, 1.165) is 55.1 Å². The number of aromatic nitrogens is 5. The number of aromatic amines is 3. The first-order valence-corrected chi connectivity index (χ1v) is 12.9. The van der Waals surface area contributed by atoms with Crippen molar-refractivity contribution in [3.8, 4) is 21.8 Å². The maximum Gasteiger partial charge on any atom is 0.126 e. The fraction of sp³-hybridized carbons (Fsp3) is 0.407. The molecule has 1 atom stereocenters. The third-order valence-corrected chi connectivity index (χ3v) is 7.88. The van der Waals surface area contributed by atoms with Crippen molar-refractivity contribution in [1.82, 2.24) is 30.7 Å². The molecule has 5 N–H and O–H groups in total. The van der Waals surface area contributed by atoms with E-state index in [-0.39, 0.29) is 5.41 Å². The van der Waals surface area contributed by atoms with Gasteiger partial charge in [-0.05, 0) is 55.5 Å². The molecule has 5 aromatic rings. The molecular weight excluding hydrogens is 456 g/mol. The molecular formula is C27H34N6OS. The second-order valence-electron chi connectivity index (χ2n) is 11.3. The second-order valence-corrected chi connectivity index (χ2v) is 12.3. The first kappa shape index (κ1) is 23.8. The van der Waals surface area contributed by atoms with Crippen LogP contribution in [0.4, 0.5) is 0 Å². The van der Waals surface area contributed by atoms with Crippen molar-refractivity contribution in [3.05, 3.63) is 47.8 Å². The molecule has 4 heterocycles. The first-order chi connectivity index (χ1) is 16.5. The highest BCUT2D eigenvalue weighted by atomic mass is 32.1. The van der Waals surface area contributed by atoms with E-state index in [9.17, 15) is 5.11 Å². The zero-order chi connectivity index (χ0) is 25.0. The van der Waals surface area contributed by atoms with Gasteiger partial charge in [0.15, 0.2) is 0 Å². The maximum absolute atomic E-state index is 10.6. The number of nitrogens with one attached hydrogen (secondary N) is 4. The van der Waals surface area contributed by atoms with Crippen molar-refractivity contribution in [3.63, 3.8) is 0 Å². The Morgan fingerprint density at radius 2 is 1.89 bits per heavy atom. The lowest BCUT2D eigenvalue weighted by Crippen LogP contribution is -2.37. The van der Waals surface area contributed by atoms with Crippen LogP contribution in [0.25, 0.3) is 42.9 Å². The minimum atomic E-state index is -0.804. The maximum atomic E-state index is 10.6. The van der Waals surface area contributed by atoms with Gasteiger partial charge in [0, 0.05) is 46.5 Å². The number of aliphatic hydroxyl groups is 1. The highest BCUT2D eigenvalue weighted by Gasteiger charge is 2.22. The summed E-state index contributed by atoms with van der Waals surface area (Å²) in [6.45, 7) is 13.5. The fourth-order valence-corrected chi connectivity index (χ4v) is 5.42. The minimum absolute atomic E-state index is 0.182. The first-order valence-electron chi connectivity index (χ1n) is 12.1. The molecule has 35 heavy (non-hydrogen) atoms. The molecule has 0 aliphatic carbocycles. The Hall–Kier alpha value is -2.94. The summed E-state index contributed by atoms with van der Waals surface area (Å²) in [7, 11) is 0. The van der Waals surface area contributed by atoms with Gasteiger partial charge in [0.1, 0.15) is 5.69 Å². The van der Waals surface area contributed by atoms with Gasteiger partial charge >= 0.3 is 0 Å². The molecule has 0 amide bonds. The Morgan fingerprint density at radius 3 is 2.57 bits per heavy atom. The molecule has 0 spiro atoms. The Balaban J connectivity index is 1.54. The van der Waals surface area contributed by atoms with E-state index in [2.05, 4.69) is 82.7 Å². The van der Waals surface area contributed by atoms with E-state index in [1.54, 1.807) is 11.3 Å². The van der Waals surface area contributed by atoms with E-state index in [1.807, 2.05) is 26.2 Å².